The molecule has 0 radical (unpaired) electrons. The van der Waals surface area contributed by atoms with E-state index in [0.29, 0.717) is 12.0 Å². The second-order valence-corrected chi connectivity index (χ2v) is 10.0. The molecule has 1 aromatic heterocycles. The summed E-state index contributed by atoms with van der Waals surface area (Å²) in [5, 5.41) is 21.7. The minimum atomic E-state index is -4.18. The number of hydrogen-bond acceptors (Lipinski definition) is 6. The third-order valence-electron chi connectivity index (χ3n) is 5.27. The molecule has 0 aliphatic heterocycles. The maximum Gasteiger partial charge on any atom is 0.268 e. The fourth-order valence-corrected chi connectivity index (χ4v) is 4.80. The summed E-state index contributed by atoms with van der Waals surface area (Å²) >= 11 is 0. The highest BCUT2D eigenvalue weighted by molar-refractivity contribution is 7.92. The number of unbranched alkanes of at least 4 members (excludes halogenated alkanes) is 2. The van der Waals surface area contributed by atoms with Gasteiger partial charge in [0, 0.05) is 18.0 Å². The van der Waals surface area contributed by atoms with E-state index < -0.39 is 15.8 Å². The summed E-state index contributed by atoms with van der Waals surface area (Å²) in [7, 11) is -4.18. The lowest BCUT2D eigenvalue weighted by molar-refractivity contribution is 0.427. The van der Waals surface area contributed by atoms with E-state index in [2.05, 4.69) is 27.7 Å². The summed E-state index contributed by atoms with van der Waals surface area (Å²) in [6, 6.07) is 3.04. The highest BCUT2D eigenvalue weighted by atomic mass is 32.2. The molecule has 0 aliphatic rings. The van der Waals surface area contributed by atoms with Crippen LogP contribution in [0.25, 0.3) is 0 Å². The van der Waals surface area contributed by atoms with E-state index in [4.69, 9.17) is 0 Å². The Bertz CT molecular complexity index is 1090. The number of phenolic OH excluding ortho intramolecular Hbond substituents is 2. The molecule has 2 aromatic rings. The van der Waals surface area contributed by atoms with Crippen molar-refractivity contribution in [3.63, 3.8) is 0 Å². The zero-order valence-electron chi connectivity index (χ0n) is 19.9. The Labute approximate surface area is 197 Å². The van der Waals surface area contributed by atoms with Gasteiger partial charge in [0.1, 0.15) is 16.4 Å². The van der Waals surface area contributed by atoms with Crippen LogP contribution < -0.4 is 4.72 Å². The van der Waals surface area contributed by atoms with Crippen molar-refractivity contribution < 1.29 is 18.6 Å². The van der Waals surface area contributed by atoms with Crippen molar-refractivity contribution in [2.45, 2.75) is 77.5 Å². The molecule has 180 valence electrons. The van der Waals surface area contributed by atoms with E-state index in [1.807, 2.05) is 26.8 Å². The van der Waals surface area contributed by atoms with Gasteiger partial charge in [-0.2, -0.15) is 0 Å². The highest BCUT2D eigenvalue weighted by Crippen LogP contribution is 2.38. The summed E-state index contributed by atoms with van der Waals surface area (Å²) in [6.07, 6.45) is 11.9. The molecule has 3 N–H and O–H groups in total. The number of hydrogen-bond donors (Lipinski definition) is 3. The van der Waals surface area contributed by atoms with Gasteiger partial charge in [-0.25, -0.2) is 23.1 Å². The van der Waals surface area contributed by atoms with Crippen molar-refractivity contribution in [2.75, 3.05) is 4.72 Å². The number of sulfonamides is 1. The van der Waals surface area contributed by atoms with Crippen LogP contribution >= 0.6 is 0 Å². The fraction of sp³-hybridized carbons (Fsp3) is 0.440. The Morgan fingerprint density at radius 3 is 2.42 bits per heavy atom. The third kappa shape index (κ3) is 7.89. The van der Waals surface area contributed by atoms with Crippen LogP contribution in [-0.2, 0) is 22.9 Å². The summed E-state index contributed by atoms with van der Waals surface area (Å²) in [5.41, 5.74) is 2.90. The largest absolute Gasteiger partial charge is 0.508 e. The molecular formula is C25H35N3O4S. The molecule has 1 aromatic carbocycles. The Hall–Kier alpha value is -2.87. The molecule has 8 heteroatoms. The smallest absolute Gasteiger partial charge is 0.268 e. The maximum atomic E-state index is 13.2. The van der Waals surface area contributed by atoms with Crippen molar-refractivity contribution >= 4 is 16.0 Å². The van der Waals surface area contributed by atoms with Crippen LogP contribution in [0.2, 0.25) is 0 Å². The second-order valence-electron chi connectivity index (χ2n) is 8.42. The van der Waals surface area contributed by atoms with Crippen molar-refractivity contribution in [1.82, 2.24) is 9.97 Å². The quantitative estimate of drug-likeness (QED) is 0.271. The number of benzene rings is 1. The maximum absolute atomic E-state index is 13.2. The molecule has 0 saturated heterocycles. The lowest BCUT2D eigenvalue weighted by Gasteiger charge is -2.17. The van der Waals surface area contributed by atoms with E-state index in [0.717, 1.165) is 37.7 Å². The van der Waals surface area contributed by atoms with Gasteiger partial charge >= 0.3 is 0 Å². The molecule has 0 bridgehead atoms. The van der Waals surface area contributed by atoms with E-state index in [9.17, 15) is 18.6 Å². The second kappa shape index (κ2) is 12.4. The zero-order chi connectivity index (χ0) is 24.4. The van der Waals surface area contributed by atoms with Gasteiger partial charge in [-0.05, 0) is 70.6 Å². The van der Waals surface area contributed by atoms with Gasteiger partial charge in [0.2, 0.25) is 5.95 Å². The number of nitrogens with one attached hydrogen (secondary N) is 1. The predicted molar refractivity (Wildman–Crippen MR) is 132 cm³/mol. The standard InChI is InChI=1S/C25H35N3O4S/c1-5-6-7-12-20-17-22(29)21(14-13-19(4)11-8-10-18(2)3)23(30)24(20)33(31,32)28-25-26-15-9-16-27-25/h9-10,13,15-17,29-30H,5-8,11-12,14H2,1-4H3,(H,26,27,28). The molecule has 0 spiro atoms. The third-order valence-corrected chi connectivity index (χ3v) is 6.71. The summed E-state index contributed by atoms with van der Waals surface area (Å²) in [6.45, 7) is 8.13. The van der Waals surface area contributed by atoms with Gasteiger partial charge in [-0.15, -0.1) is 0 Å². The molecule has 33 heavy (non-hydrogen) atoms. The monoisotopic (exact) mass is 473 g/mol. The minimum Gasteiger partial charge on any atom is -0.508 e. The van der Waals surface area contributed by atoms with E-state index in [1.165, 1.54) is 24.0 Å². The van der Waals surface area contributed by atoms with Crippen LogP contribution in [0.3, 0.4) is 0 Å². The molecule has 0 unspecified atom stereocenters. The van der Waals surface area contributed by atoms with Crippen LogP contribution in [0.4, 0.5) is 5.95 Å². The van der Waals surface area contributed by atoms with Crippen molar-refractivity contribution in [1.29, 1.82) is 0 Å². The topological polar surface area (TPSA) is 112 Å². The van der Waals surface area contributed by atoms with Gasteiger partial charge in [-0.1, -0.05) is 43.1 Å². The molecule has 0 aliphatic carbocycles. The SMILES string of the molecule is CCCCCc1cc(O)c(CC=C(C)CCC=C(C)C)c(O)c1S(=O)(=O)Nc1ncccn1. The number of phenols is 2. The first kappa shape index (κ1) is 26.4. The number of aromatic hydroxyl groups is 2. The van der Waals surface area contributed by atoms with Gasteiger partial charge in [0.05, 0.1) is 0 Å². The van der Waals surface area contributed by atoms with Crippen LogP contribution in [0.1, 0.15) is 70.9 Å². The normalized spacial score (nSPS) is 11.9. The lowest BCUT2D eigenvalue weighted by Crippen LogP contribution is -2.17. The van der Waals surface area contributed by atoms with Gasteiger partial charge in [-0.3, -0.25) is 0 Å². The Balaban J connectivity index is 2.43. The first-order valence-electron chi connectivity index (χ1n) is 11.3. The van der Waals surface area contributed by atoms with Crippen LogP contribution in [0.5, 0.6) is 11.5 Å². The molecule has 2 rings (SSSR count). The lowest BCUT2D eigenvalue weighted by atomic mass is 10.00. The Morgan fingerprint density at radius 2 is 1.79 bits per heavy atom. The average Bonchev–Trinajstić information content (AvgIpc) is 2.73. The van der Waals surface area contributed by atoms with E-state index in [-0.39, 0.29) is 28.6 Å². The van der Waals surface area contributed by atoms with Crippen molar-refractivity contribution in [2.24, 2.45) is 0 Å². The van der Waals surface area contributed by atoms with Gasteiger partial charge in [0.25, 0.3) is 10.0 Å². The van der Waals surface area contributed by atoms with E-state index >= 15 is 0 Å². The first-order valence-corrected chi connectivity index (χ1v) is 12.8. The molecule has 1 heterocycles. The number of nitrogens with zero attached hydrogens (tertiary/aromatic N) is 2. The van der Waals surface area contributed by atoms with E-state index in [1.54, 1.807) is 6.07 Å². The summed E-state index contributed by atoms with van der Waals surface area (Å²) in [4.78, 5) is 7.61. The molecule has 0 saturated carbocycles. The molecule has 7 nitrogen and oxygen atoms in total. The first-order chi connectivity index (χ1) is 15.7. The van der Waals surface area contributed by atoms with Gasteiger partial charge < -0.3 is 10.2 Å². The van der Waals surface area contributed by atoms with Crippen molar-refractivity contribution in [3.8, 4) is 11.5 Å². The van der Waals surface area contributed by atoms with Crippen LogP contribution in [0.15, 0.2) is 52.7 Å². The molecule has 0 fully saturated rings. The number of allylic oxidation sites excluding steroid dienone is 4. The van der Waals surface area contributed by atoms with Crippen LogP contribution in [0, 0.1) is 0 Å². The zero-order valence-corrected chi connectivity index (χ0v) is 20.7. The molecule has 0 atom stereocenters. The number of aromatic nitrogens is 2. The number of rotatable bonds is 12. The predicted octanol–water partition coefficient (Wildman–Crippen LogP) is 5.66. The summed E-state index contributed by atoms with van der Waals surface area (Å²) in [5.74, 6) is -0.624. The minimum absolute atomic E-state index is 0.0824. The van der Waals surface area contributed by atoms with Gasteiger partial charge in [0.15, 0.2) is 0 Å². The summed E-state index contributed by atoms with van der Waals surface area (Å²) < 4.78 is 28.8. The number of anilines is 1. The fourth-order valence-electron chi connectivity index (χ4n) is 3.47. The van der Waals surface area contributed by atoms with Crippen LogP contribution in [-0.4, -0.2) is 28.6 Å². The number of aryl methyl sites for hydroxylation is 1. The Kier molecular flexibility index (Phi) is 9.91. The highest BCUT2D eigenvalue weighted by Gasteiger charge is 2.28. The molecular weight excluding hydrogens is 438 g/mol. The molecule has 0 amide bonds. The Morgan fingerprint density at radius 1 is 1.09 bits per heavy atom. The average molecular weight is 474 g/mol. The van der Waals surface area contributed by atoms with Crippen molar-refractivity contribution in [3.05, 3.63) is 59.0 Å².